The van der Waals surface area contributed by atoms with Crippen molar-refractivity contribution in [3.63, 3.8) is 0 Å². The number of methoxy groups -OCH3 is 1. The third-order valence-corrected chi connectivity index (χ3v) is 3.54. The fourth-order valence-corrected chi connectivity index (χ4v) is 2.13. The normalized spacial score (nSPS) is 14.8. The summed E-state index contributed by atoms with van der Waals surface area (Å²) in [7, 11) is 1.70. The van der Waals surface area contributed by atoms with Crippen molar-refractivity contribution >= 4 is 0 Å². The maximum atomic E-state index is 12.9. The van der Waals surface area contributed by atoms with Crippen LogP contribution >= 0.6 is 0 Å². The van der Waals surface area contributed by atoms with Crippen molar-refractivity contribution in [1.82, 2.24) is 9.88 Å². The summed E-state index contributed by atoms with van der Waals surface area (Å²) in [4.78, 5) is 6.40. The molecule has 0 aromatic carbocycles. The molecule has 2 atom stereocenters. The molecular weight excluding hydrogens is 257 g/mol. The second kappa shape index (κ2) is 8.29. The number of hydrogen-bond donors (Lipinski definition) is 1. The van der Waals surface area contributed by atoms with Crippen molar-refractivity contribution in [2.75, 3.05) is 26.8 Å². The molecule has 0 aliphatic heterocycles. The minimum Gasteiger partial charge on any atom is -0.383 e. The molecule has 4 nitrogen and oxygen atoms in total. The first-order chi connectivity index (χ1) is 9.45. The van der Waals surface area contributed by atoms with Crippen molar-refractivity contribution in [2.45, 2.75) is 32.9 Å². The van der Waals surface area contributed by atoms with Crippen LogP contribution in [0.3, 0.4) is 0 Å². The Hall–Kier alpha value is -1.04. The molecule has 0 fully saturated rings. The van der Waals surface area contributed by atoms with Gasteiger partial charge in [-0.1, -0.05) is 6.92 Å². The van der Waals surface area contributed by atoms with Gasteiger partial charge < -0.3 is 10.5 Å². The van der Waals surface area contributed by atoms with Crippen LogP contribution < -0.4 is 5.73 Å². The van der Waals surface area contributed by atoms with E-state index in [4.69, 9.17) is 10.5 Å². The minimum atomic E-state index is -0.336. The quantitative estimate of drug-likeness (QED) is 0.795. The third-order valence-electron chi connectivity index (χ3n) is 3.54. The van der Waals surface area contributed by atoms with Crippen LogP contribution in [0.2, 0.25) is 0 Å². The van der Waals surface area contributed by atoms with Crippen molar-refractivity contribution < 1.29 is 9.13 Å². The van der Waals surface area contributed by atoms with Gasteiger partial charge in [-0.2, -0.15) is 0 Å². The summed E-state index contributed by atoms with van der Waals surface area (Å²) in [6.45, 7) is 8.85. The third kappa shape index (κ3) is 5.15. The van der Waals surface area contributed by atoms with Crippen molar-refractivity contribution in [2.24, 2.45) is 11.7 Å². The fraction of sp³-hybridized carbons (Fsp3) is 0.667. The molecule has 0 radical (unpaired) electrons. The van der Waals surface area contributed by atoms with E-state index < -0.39 is 0 Å². The highest BCUT2D eigenvalue weighted by Gasteiger charge is 2.20. The summed E-state index contributed by atoms with van der Waals surface area (Å²) in [5.74, 6) is -0.107. The first-order valence-corrected chi connectivity index (χ1v) is 7.05. The number of halogens is 1. The number of nitrogens with zero attached hydrogens (tertiary/aromatic N) is 2. The van der Waals surface area contributed by atoms with Crippen LogP contribution in [0.5, 0.6) is 0 Å². The lowest BCUT2D eigenvalue weighted by Crippen LogP contribution is -2.39. The molecular formula is C15H26FN3O. The Labute approximate surface area is 121 Å². The molecule has 1 aromatic rings. The van der Waals surface area contributed by atoms with E-state index in [1.165, 1.54) is 12.3 Å². The summed E-state index contributed by atoms with van der Waals surface area (Å²) >= 11 is 0. The van der Waals surface area contributed by atoms with Gasteiger partial charge in [-0.05, 0) is 31.9 Å². The summed E-state index contributed by atoms with van der Waals surface area (Å²) in [5, 5.41) is 0. The van der Waals surface area contributed by atoms with Gasteiger partial charge in [0.15, 0.2) is 0 Å². The van der Waals surface area contributed by atoms with Gasteiger partial charge in [0.2, 0.25) is 0 Å². The van der Waals surface area contributed by atoms with E-state index in [9.17, 15) is 4.39 Å². The first kappa shape index (κ1) is 17.0. The molecule has 1 aromatic heterocycles. The number of hydrogen-bond acceptors (Lipinski definition) is 4. The van der Waals surface area contributed by atoms with E-state index in [-0.39, 0.29) is 17.8 Å². The predicted molar refractivity (Wildman–Crippen MR) is 78.9 cm³/mol. The van der Waals surface area contributed by atoms with E-state index in [0.717, 1.165) is 18.8 Å². The zero-order chi connectivity index (χ0) is 15.1. The maximum absolute atomic E-state index is 12.9. The van der Waals surface area contributed by atoms with Crippen molar-refractivity contribution in [3.8, 4) is 0 Å². The minimum absolute atomic E-state index is 0.195. The Morgan fingerprint density at radius 2 is 2.05 bits per heavy atom. The molecule has 0 aliphatic carbocycles. The lowest BCUT2D eigenvalue weighted by Gasteiger charge is -2.31. The average Bonchev–Trinajstić information content (AvgIpc) is 2.42. The molecule has 0 amide bonds. The lowest BCUT2D eigenvalue weighted by atomic mass is 9.98. The van der Waals surface area contributed by atoms with Crippen LogP contribution in [-0.4, -0.2) is 42.7 Å². The SMILES string of the molecule is COCCN(CC(C)C(N)c1ccc(F)cn1)C(C)C. The number of aromatic nitrogens is 1. The van der Waals surface area contributed by atoms with Crippen LogP contribution in [0.25, 0.3) is 0 Å². The predicted octanol–water partition coefficient (Wildman–Crippen LogP) is 2.21. The molecule has 0 saturated carbocycles. The molecule has 0 spiro atoms. The van der Waals surface area contributed by atoms with Gasteiger partial charge in [-0.25, -0.2) is 4.39 Å². The number of nitrogens with two attached hydrogens (primary N) is 1. The van der Waals surface area contributed by atoms with E-state index in [1.807, 2.05) is 0 Å². The van der Waals surface area contributed by atoms with Crippen molar-refractivity contribution in [1.29, 1.82) is 0 Å². The fourth-order valence-electron chi connectivity index (χ4n) is 2.13. The Morgan fingerprint density at radius 1 is 1.35 bits per heavy atom. The van der Waals surface area contributed by atoms with E-state index in [2.05, 4.69) is 30.7 Å². The Kier molecular flexibility index (Phi) is 7.05. The highest BCUT2D eigenvalue weighted by atomic mass is 19.1. The molecule has 1 heterocycles. The molecule has 2 unspecified atom stereocenters. The maximum Gasteiger partial charge on any atom is 0.141 e. The van der Waals surface area contributed by atoms with Crippen LogP contribution in [0, 0.1) is 11.7 Å². The van der Waals surface area contributed by atoms with Crippen LogP contribution in [0.1, 0.15) is 32.5 Å². The van der Waals surface area contributed by atoms with Gasteiger partial charge in [-0.3, -0.25) is 9.88 Å². The smallest absolute Gasteiger partial charge is 0.141 e. The van der Waals surface area contributed by atoms with Gasteiger partial charge in [0.05, 0.1) is 24.5 Å². The largest absolute Gasteiger partial charge is 0.383 e. The summed E-state index contributed by atoms with van der Waals surface area (Å²) < 4.78 is 18.0. The van der Waals surface area contributed by atoms with E-state index in [0.29, 0.717) is 12.6 Å². The first-order valence-electron chi connectivity index (χ1n) is 7.05. The monoisotopic (exact) mass is 283 g/mol. The van der Waals surface area contributed by atoms with Gasteiger partial charge in [0.1, 0.15) is 5.82 Å². The Balaban J connectivity index is 2.62. The zero-order valence-electron chi connectivity index (χ0n) is 12.8. The highest BCUT2D eigenvalue weighted by Crippen LogP contribution is 2.19. The zero-order valence-corrected chi connectivity index (χ0v) is 12.8. The van der Waals surface area contributed by atoms with Gasteiger partial charge in [-0.15, -0.1) is 0 Å². The number of pyridine rings is 1. The Bertz CT molecular complexity index is 383. The molecule has 20 heavy (non-hydrogen) atoms. The molecule has 0 aliphatic rings. The van der Waals surface area contributed by atoms with E-state index in [1.54, 1.807) is 13.2 Å². The highest BCUT2D eigenvalue weighted by molar-refractivity contribution is 5.10. The summed E-state index contributed by atoms with van der Waals surface area (Å²) in [6, 6.07) is 3.30. The lowest BCUT2D eigenvalue weighted by molar-refractivity contribution is 0.114. The molecule has 0 bridgehead atoms. The summed E-state index contributed by atoms with van der Waals surface area (Å²) in [5.41, 5.74) is 6.95. The van der Waals surface area contributed by atoms with E-state index >= 15 is 0 Å². The standard InChI is InChI=1S/C15H26FN3O/c1-11(2)19(7-8-20-4)10-12(3)15(17)14-6-5-13(16)9-18-14/h5-6,9,11-12,15H,7-8,10,17H2,1-4H3. The second-order valence-corrected chi connectivity index (χ2v) is 5.49. The van der Waals surface area contributed by atoms with Gasteiger partial charge in [0.25, 0.3) is 0 Å². The molecule has 1 rings (SSSR count). The molecule has 5 heteroatoms. The van der Waals surface area contributed by atoms with Gasteiger partial charge in [0, 0.05) is 26.2 Å². The topological polar surface area (TPSA) is 51.4 Å². The summed E-state index contributed by atoms with van der Waals surface area (Å²) in [6.07, 6.45) is 1.22. The average molecular weight is 283 g/mol. The van der Waals surface area contributed by atoms with Crippen molar-refractivity contribution in [3.05, 3.63) is 29.8 Å². The second-order valence-electron chi connectivity index (χ2n) is 5.49. The molecule has 2 N–H and O–H groups in total. The molecule has 0 saturated heterocycles. The van der Waals surface area contributed by atoms with Crippen LogP contribution in [0.4, 0.5) is 4.39 Å². The van der Waals surface area contributed by atoms with Gasteiger partial charge >= 0.3 is 0 Å². The molecule has 114 valence electrons. The Morgan fingerprint density at radius 3 is 2.55 bits per heavy atom. The number of rotatable bonds is 8. The van der Waals surface area contributed by atoms with Crippen LogP contribution in [-0.2, 0) is 4.74 Å². The number of ether oxygens (including phenoxy) is 1. The van der Waals surface area contributed by atoms with Crippen LogP contribution in [0.15, 0.2) is 18.3 Å².